The van der Waals surface area contributed by atoms with Crippen molar-refractivity contribution in [1.29, 1.82) is 0 Å². The number of nitrogens with one attached hydrogen (secondary N) is 1. The lowest BCUT2D eigenvalue weighted by atomic mass is 9.83. The van der Waals surface area contributed by atoms with Crippen molar-refractivity contribution >= 4 is 22.6 Å². The minimum absolute atomic E-state index is 0.153. The molecular formula is C36H21N5O2. The summed E-state index contributed by atoms with van der Waals surface area (Å²) in [6.45, 7) is 0. The number of nitrogens with zero attached hydrogens (tertiary/aromatic N) is 4. The lowest BCUT2D eigenvalue weighted by molar-refractivity contribution is 0.0980. The minimum Gasteiger partial charge on any atom is -0.337 e. The van der Waals surface area contributed by atoms with Crippen LogP contribution in [0.3, 0.4) is 0 Å². The molecule has 0 saturated heterocycles. The molecule has 7 aromatic rings. The Labute approximate surface area is 246 Å². The minimum atomic E-state index is -0.175. The predicted molar refractivity (Wildman–Crippen MR) is 165 cm³/mol. The van der Waals surface area contributed by atoms with Gasteiger partial charge in [0.1, 0.15) is 5.82 Å². The third-order valence-corrected chi connectivity index (χ3v) is 7.72. The Morgan fingerprint density at radius 3 is 1.72 bits per heavy atom. The van der Waals surface area contributed by atoms with Gasteiger partial charge in [0.25, 0.3) is 0 Å². The largest absolute Gasteiger partial charge is 0.337 e. The summed E-state index contributed by atoms with van der Waals surface area (Å²) in [7, 11) is 0. The predicted octanol–water partition coefficient (Wildman–Crippen LogP) is 7.19. The van der Waals surface area contributed by atoms with E-state index < -0.39 is 0 Å². The van der Waals surface area contributed by atoms with Crippen LogP contribution >= 0.6 is 0 Å². The smallest absolute Gasteiger partial charge is 0.196 e. The number of rotatable bonds is 4. The quantitative estimate of drug-likeness (QED) is 0.247. The molecule has 7 heteroatoms. The Morgan fingerprint density at radius 1 is 0.488 bits per heavy atom. The maximum atomic E-state index is 13.5. The van der Waals surface area contributed by atoms with E-state index >= 15 is 0 Å². The van der Waals surface area contributed by atoms with Crippen LogP contribution in [0.4, 0.5) is 0 Å². The van der Waals surface area contributed by atoms with Gasteiger partial charge in [-0.3, -0.25) is 19.6 Å². The molecule has 1 N–H and O–H groups in total. The Morgan fingerprint density at radius 2 is 1.09 bits per heavy atom. The second-order valence-electron chi connectivity index (χ2n) is 10.3. The van der Waals surface area contributed by atoms with Gasteiger partial charge in [0.15, 0.2) is 11.6 Å². The highest BCUT2D eigenvalue weighted by Gasteiger charge is 2.31. The van der Waals surface area contributed by atoms with E-state index in [1.165, 1.54) is 0 Å². The first-order valence-corrected chi connectivity index (χ1v) is 13.8. The number of aromatic amines is 1. The fraction of sp³-hybridized carbons (Fsp3) is 0. The monoisotopic (exact) mass is 555 g/mol. The van der Waals surface area contributed by atoms with Crippen LogP contribution in [0.25, 0.3) is 56.3 Å². The summed E-state index contributed by atoms with van der Waals surface area (Å²) in [5.74, 6) is 0.290. The maximum Gasteiger partial charge on any atom is 0.196 e. The van der Waals surface area contributed by atoms with Crippen molar-refractivity contribution in [2.75, 3.05) is 0 Å². The van der Waals surface area contributed by atoms with Crippen molar-refractivity contribution in [3.8, 4) is 45.3 Å². The van der Waals surface area contributed by atoms with Crippen LogP contribution in [-0.2, 0) is 0 Å². The number of H-pyrrole nitrogens is 1. The van der Waals surface area contributed by atoms with Gasteiger partial charge in [0.05, 0.1) is 39.4 Å². The number of carbonyl (C=O) groups excluding carboxylic acids is 2. The van der Waals surface area contributed by atoms with Crippen molar-refractivity contribution in [3.63, 3.8) is 0 Å². The van der Waals surface area contributed by atoms with Crippen LogP contribution in [0.2, 0.25) is 0 Å². The summed E-state index contributed by atoms with van der Waals surface area (Å²) < 4.78 is 0. The van der Waals surface area contributed by atoms with Gasteiger partial charge in [-0.2, -0.15) is 0 Å². The highest BCUT2D eigenvalue weighted by Crippen LogP contribution is 2.34. The van der Waals surface area contributed by atoms with E-state index in [-0.39, 0.29) is 11.6 Å². The molecule has 0 spiro atoms. The first kappa shape index (κ1) is 24.7. The van der Waals surface area contributed by atoms with Crippen LogP contribution in [0, 0.1) is 0 Å². The number of benzene rings is 3. The van der Waals surface area contributed by atoms with Crippen molar-refractivity contribution in [3.05, 3.63) is 144 Å². The fourth-order valence-corrected chi connectivity index (χ4v) is 5.61. The summed E-state index contributed by atoms with van der Waals surface area (Å²) in [5, 5.41) is 0. The van der Waals surface area contributed by atoms with Crippen molar-refractivity contribution in [1.82, 2.24) is 24.9 Å². The lowest BCUT2D eigenvalue weighted by Gasteiger charge is -2.17. The highest BCUT2D eigenvalue weighted by atomic mass is 16.1. The molecule has 0 atom stereocenters. The van der Waals surface area contributed by atoms with E-state index in [2.05, 4.69) is 15.0 Å². The molecule has 0 aliphatic heterocycles. The van der Waals surface area contributed by atoms with Crippen LogP contribution in [0.15, 0.2) is 122 Å². The number of fused-ring (bicyclic) bond motifs is 4. The number of hydrogen-bond donors (Lipinski definition) is 1. The zero-order valence-electron chi connectivity index (χ0n) is 22.7. The molecule has 7 nitrogen and oxygen atoms in total. The fourth-order valence-electron chi connectivity index (χ4n) is 5.61. The molecule has 0 radical (unpaired) electrons. The third kappa shape index (κ3) is 4.14. The van der Waals surface area contributed by atoms with E-state index in [1.54, 1.807) is 48.8 Å². The number of ketones is 2. The Balaban J connectivity index is 1.19. The molecule has 202 valence electrons. The van der Waals surface area contributed by atoms with Gasteiger partial charge in [-0.25, -0.2) is 9.97 Å². The van der Waals surface area contributed by atoms with Crippen molar-refractivity contribution in [2.45, 2.75) is 0 Å². The van der Waals surface area contributed by atoms with Crippen LogP contribution < -0.4 is 0 Å². The Bertz CT molecular complexity index is 2150. The average molecular weight is 556 g/mol. The zero-order valence-corrected chi connectivity index (χ0v) is 22.7. The second kappa shape index (κ2) is 9.78. The summed E-state index contributed by atoms with van der Waals surface area (Å²) >= 11 is 0. The van der Waals surface area contributed by atoms with Gasteiger partial charge in [0.2, 0.25) is 0 Å². The molecule has 1 aliphatic rings. The Kier molecular flexibility index (Phi) is 5.62. The van der Waals surface area contributed by atoms with E-state index in [0.29, 0.717) is 39.1 Å². The molecular weight excluding hydrogens is 534 g/mol. The molecule has 0 unspecified atom stereocenters. The first-order chi connectivity index (χ1) is 21.1. The molecule has 3 aromatic carbocycles. The first-order valence-electron chi connectivity index (χ1n) is 13.8. The number of carbonyl (C=O) groups is 2. The SMILES string of the molecule is O=C1c2ccccc2C(=O)c2c1ccc1nc(-c3ccc(-c4cc(-c5ccccn5)nc(-c5ccccn5)c4)cc3)[nH]c21. The number of imidazole rings is 1. The third-order valence-electron chi connectivity index (χ3n) is 7.72. The second-order valence-corrected chi connectivity index (χ2v) is 10.3. The van der Waals surface area contributed by atoms with Gasteiger partial charge in [-0.1, -0.05) is 60.7 Å². The Hall–Kier alpha value is -6.08. The molecule has 43 heavy (non-hydrogen) atoms. The van der Waals surface area contributed by atoms with Gasteiger partial charge < -0.3 is 4.98 Å². The van der Waals surface area contributed by atoms with Gasteiger partial charge >= 0.3 is 0 Å². The van der Waals surface area contributed by atoms with Gasteiger partial charge in [-0.15, -0.1) is 0 Å². The van der Waals surface area contributed by atoms with E-state index in [1.807, 2.05) is 72.8 Å². The number of hydrogen-bond acceptors (Lipinski definition) is 6. The van der Waals surface area contributed by atoms with Gasteiger partial charge in [0, 0.05) is 34.6 Å². The summed E-state index contributed by atoms with van der Waals surface area (Å²) in [6.07, 6.45) is 3.51. The molecule has 0 amide bonds. The normalized spacial score (nSPS) is 12.3. The molecule has 1 aliphatic carbocycles. The molecule has 0 saturated carbocycles. The zero-order chi connectivity index (χ0) is 28.9. The average Bonchev–Trinajstić information content (AvgIpc) is 3.52. The highest BCUT2D eigenvalue weighted by molar-refractivity contribution is 6.31. The molecule has 8 rings (SSSR count). The lowest BCUT2D eigenvalue weighted by Crippen LogP contribution is -2.21. The van der Waals surface area contributed by atoms with Crippen molar-refractivity contribution < 1.29 is 9.59 Å². The summed E-state index contributed by atoms with van der Waals surface area (Å²) in [5.41, 5.74) is 8.71. The van der Waals surface area contributed by atoms with Crippen molar-refractivity contribution in [2.24, 2.45) is 0 Å². The molecule has 4 heterocycles. The standard InChI is InChI=1S/C36H21N5O2/c42-34-24-7-1-2-8-25(24)35(43)32-26(34)15-16-29-33(32)41-36(40-29)22-13-11-21(12-14-22)23-19-30(27-9-3-5-17-37-27)39-31(20-23)28-10-4-6-18-38-28/h1-20H,(H,40,41). The van der Waals surface area contributed by atoms with Crippen LogP contribution in [0.1, 0.15) is 31.8 Å². The molecule has 0 bridgehead atoms. The number of aromatic nitrogens is 5. The van der Waals surface area contributed by atoms with Crippen LogP contribution in [0.5, 0.6) is 0 Å². The van der Waals surface area contributed by atoms with Crippen LogP contribution in [-0.4, -0.2) is 36.5 Å². The molecule has 4 aromatic heterocycles. The topological polar surface area (TPSA) is 101 Å². The summed E-state index contributed by atoms with van der Waals surface area (Å²) in [4.78, 5) is 48.6. The number of pyridine rings is 3. The van der Waals surface area contributed by atoms with E-state index in [0.717, 1.165) is 39.5 Å². The van der Waals surface area contributed by atoms with Gasteiger partial charge in [-0.05, 0) is 59.7 Å². The molecule has 0 fully saturated rings. The summed E-state index contributed by atoms with van der Waals surface area (Å²) in [6, 6.07) is 34.0. The maximum absolute atomic E-state index is 13.5. The van der Waals surface area contributed by atoms with E-state index in [4.69, 9.17) is 9.97 Å². The van der Waals surface area contributed by atoms with E-state index in [9.17, 15) is 9.59 Å².